The minimum absolute atomic E-state index is 0.293. The molecule has 19 heavy (non-hydrogen) atoms. The molecule has 0 spiro atoms. The predicted octanol–water partition coefficient (Wildman–Crippen LogP) is 2.31. The van der Waals surface area contributed by atoms with Crippen molar-refractivity contribution in [2.75, 3.05) is 26.7 Å². The van der Waals surface area contributed by atoms with Crippen molar-refractivity contribution in [2.45, 2.75) is 25.8 Å². The third-order valence-electron chi connectivity index (χ3n) is 3.67. The van der Waals surface area contributed by atoms with E-state index in [-0.39, 0.29) is 5.82 Å². The number of rotatable bonds is 6. The van der Waals surface area contributed by atoms with Crippen LogP contribution in [0.25, 0.3) is 0 Å². The van der Waals surface area contributed by atoms with E-state index in [4.69, 9.17) is 4.74 Å². The molecule has 0 amide bonds. The second-order valence-corrected chi connectivity index (χ2v) is 5.15. The summed E-state index contributed by atoms with van der Waals surface area (Å²) in [5, 5.41) is 6.80. The molecular weight excluding hydrogens is 243 g/mol. The molecule has 106 valence electrons. The fraction of sp³-hybridized carbons (Fsp3) is 0.600. The maximum absolute atomic E-state index is 13.5. The zero-order valence-electron chi connectivity index (χ0n) is 11.5. The summed E-state index contributed by atoms with van der Waals surface area (Å²) >= 11 is 0. The number of piperidine rings is 1. The van der Waals surface area contributed by atoms with E-state index in [0.717, 1.165) is 31.1 Å². The molecular formula is C15H23FN2O. The van der Waals surface area contributed by atoms with Crippen molar-refractivity contribution in [3.8, 4) is 5.75 Å². The number of nitrogens with one attached hydrogen (secondary N) is 2. The fourth-order valence-electron chi connectivity index (χ4n) is 2.53. The van der Waals surface area contributed by atoms with Crippen LogP contribution in [-0.2, 0) is 6.54 Å². The molecule has 1 aliphatic heterocycles. The summed E-state index contributed by atoms with van der Waals surface area (Å²) in [6, 6.07) is 5.11. The minimum atomic E-state index is -0.293. The third-order valence-corrected chi connectivity index (χ3v) is 3.67. The lowest BCUT2D eigenvalue weighted by atomic mass is 9.96. The van der Waals surface area contributed by atoms with Gasteiger partial charge >= 0.3 is 0 Å². The summed E-state index contributed by atoms with van der Waals surface area (Å²) in [6.07, 6.45) is 3.80. The summed E-state index contributed by atoms with van der Waals surface area (Å²) in [7, 11) is 1.48. The van der Waals surface area contributed by atoms with Crippen LogP contribution >= 0.6 is 0 Å². The Hall–Kier alpha value is -1.13. The van der Waals surface area contributed by atoms with E-state index in [1.165, 1.54) is 32.4 Å². The van der Waals surface area contributed by atoms with E-state index in [2.05, 4.69) is 10.6 Å². The standard InChI is InChI=1S/C15H23FN2O/c1-19-15-5-4-13(9-14(15)16)11-18-8-6-12-3-2-7-17-10-12/h4-5,9,12,17-18H,2-3,6-8,10-11H2,1H3. The third kappa shape index (κ3) is 4.48. The smallest absolute Gasteiger partial charge is 0.165 e. The monoisotopic (exact) mass is 266 g/mol. The van der Waals surface area contributed by atoms with Crippen LogP contribution in [0.5, 0.6) is 5.75 Å². The van der Waals surface area contributed by atoms with Gasteiger partial charge < -0.3 is 15.4 Å². The van der Waals surface area contributed by atoms with Crippen molar-refractivity contribution >= 4 is 0 Å². The molecule has 1 unspecified atom stereocenters. The van der Waals surface area contributed by atoms with E-state index >= 15 is 0 Å². The maximum Gasteiger partial charge on any atom is 0.165 e. The Morgan fingerprint density at radius 3 is 3.05 bits per heavy atom. The zero-order chi connectivity index (χ0) is 13.5. The van der Waals surface area contributed by atoms with Crippen LogP contribution in [0.1, 0.15) is 24.8 Å². The quantitative estimate of drug-likeness (QED) is 0.775. The van der Waals surface area contributed by atoms with Gasteiger partial charge in [-0.3, -0.25) is 0 Å². The first-order valence-corrected chi connectivity index (χ1v) is 7.03. The van der Waals surface area contributed by atoms with Crippen LogP contribution in [0.4, 0.5) is 4.39 Å². The Labute approximate surface area is 114 Å². The summed E-state index contributed by atoms with van der Waals surface area (Å²) in [4.78, 5) is 0. The molecule has 1 saturated heterocycles. The highest BCUT2D eigenvalue weighted by Gasteiger charge is 2.11. The van der Waals surface area contributed by atoms with Crippen LogP contribution in [0.3, 0.4) is 0 Å². The van der Waals surface area contributed by atoms with Gasteiger partial charge in [0.1, 0.15) is 0 Å². The molecule has 0 radical (unpaired) electrons. The molecule has 1 aromatic rings. The number of hydrogen-bond donors (Lipinski definition) is 2. The predicted molar refractivity (Wildman–Crippen MR) is 74.9 cm³/mol. The average Bonchev–Trinajstić information content (AvgIpc) is 2.45. The van der Waals surface area contributed by atoms with Crippen molar-refractivity contribution in [1.29, 1.82) is 0 Å². The summed E-state index contributed by atoms with van der Waals surface area (Å²) < 4.78 is 18.4. The first-order chi connectivity index (χ1) is 9.29. The molecule has 0 saturated carbocycles. The van der Waals surface area contributed by atoms with Gasteiger partial charge in [0.25, 0.3) is 0 Å². The van der Waals surface area contributed by atoms with Crippen molar-refractivity contribution in [1.82, 2.24) is 10.6 Å². The Morgan fingerprint density at radius 2 is 2.37 bits per heavy atom. The van der Waals surface area contributed by atoms with Gasteiger partial charge in [0, 0.05) is 6.54 Å². The molecule has 0 aromatic heterocycles. The molecule has 3 nitrogen and oxygen atoms in total. The molecule has 1 aliphatic rings. The van der Waals surface area contributed by atoms with Crippen LogP contribution in [0.2, 0.25) is 0 Å². The van der Waals surface area contributed by atoms with Crippen LogP contribution in [0.15, 0.2) is 18.2 Å². The summed E-state index contributed by atoms with van der Waals surface area (Å²) in [5.41, 5.74) is 0.958. The highest BCUT2D eigenvalue weighted by Crippen LogP contribution is 2.17. The second kappa shape index (κ2) is 7.46. The van der Waals surface area contributed by atoms with Crippen molar-refractivity contribution in [3.63, 3.8) is 0 Å². The van der Waals surface area contributed by atoms with Gasteiger partial charge in [0.05, 0.1) is 7.11 Å². The van der Waals surface area contributed by atoms with Gasteiger partial charge in [0.15, 0.2) is 11.6 Å². The van der Waals surface area contributed by atoms with E-state index in [0.29, 0.717) is 12.3 Å². The average molecular weight is 266 g/mol. The van der Waals surface area contributed by atoms with Gasteiger partial charge in [-0.1, -0.05) is 6.07 Å². The number of ether oxygens (including phenoxy) is 1. The lowest BCUT2D eigenvalue weighted by Gasteiger charge is -2.22. The van der Waals surface area contributed by atoms with Crippen molar-refractivity contribution in [2.24, 2.45) is 5.92 Å². The number of halogens is 1. The van der Waals surface area contributed by atoms with Crippen molar-refractivity contribution in [3.05, 3.63) is 29.6 Å². The zero-order valence-corrected chi connectivity index (χ0v) is 11.5. The molecule has 0 bridgehead atoms. The molecule has 0 aliphatic carbocycles. The summed E-state index contributed by atoms with van der Waals surface area (Å²) in [5.74, 6) is 0.796. The van der Waals surface area contributed by atoms with E-state index < -0.39 is 0 Å². The highest BCUT2D eigenvalue weighted by atomic mass is 19.1. The SMILES string of the molecule is COc1ccc(CNCCC2CCCNC2)cc1F. The first kappa shape index (κ1) is 14.3. The van der Waals surface area contributed by atoms with Gasteiger partial charge in [-0.05, 0) is 62.5 Å². The molecule has 1 heterocycles. The Balaban J connectivity index is 1.69. The summed E-state index contributed by atoms with van der Waals surface area (Å²) in [6.45, 7) is 3.99. The largest absolute Gasteiger partial charge is 0.494 e. The van der Waals surface area contributed by atoms with E-state index in [1.807, 2.05) is 6.07 Å². The lowest BCUT2D eigenvalue weighted by molar-refractivity contribution is 0.352. The number of benzene rings is 1. The topological polar surface area (TPSA) is 33.3 Å². The number of hydrogen-bond acceptors (Lipinski definition) is 3. The van der Waals surface area contributed by atoms with Gasteiger partial charge in [-0.2, -0.15) is 0 Å². The Morgan fingerprint density at radius 1 is 1.47 bits per heavy atom. The molecule has 2 rings (SSSR count). The van der Waals surface area contributed by atoms with Crippen LogP contribution < -0.4 is 15.4 Å². The minimum Gasteiger partial charge on any atom is -0.494 e. The first-order valence-electron chi connectivity index (χ1n) is 7.03. The molecule has 1 atom stereocenters. The Kier molecular flexibility index (Phi) is 5.61. The second-order valence-electron chi connectivity index (χ2n) is 5.15. The van der Waals surface area contributed by atoms with Crippen LogP contribution in [0, 0.1) is 11.7 Å². The number of methoxy groups -OCH3 is 1. The normalized spacial score (nSPS) is 19.4. The lowest BCUT2D eigenvalue weighted by Crippen LogP contribution is -2.31. The molecule has 4 heteroatoms. The van der Waals surface area contributed by atoms with Gasteiger partial charge in [-0.25, -0.2) is 4.39 Å². The Bertz CT molecular complexity index is 392. The highest BCUT2D eigenvalue weighted by molar-refractivity contribution is 5.29. The molecule has 1 aromatic carbocycles. The maximum atomic E-state index is 13.5. The fourth-order valence-corrected chi connectivity index (χ4v) is 2.53. The van der Waals surface area contributed by atoms with Crippen LogP contribution in [-0.4, -0.2) is 26.7 Å². The van der Waals surface area contributed by atoms with Crippen molar-refractivity contribution < 1.29 is 9.13 Å². The van der Waals surface area contributed by atoms with Gasteiger partial charge in [0.2, 0.25) is 0 Å². The molecule has 2 N–H and O–H groups in total. The van der Waals surface area contributed by atoms with E-state index in [9.17, 15) is 4.39 Å². The molecule has 1 fully saturated rings. The van der Waals surface area contributed by atoms with Gasteiger partial charge in [-0.15, -0.1) is 0 Å². The van der Waals surface area contributed by atoms with E-state index in [1.54, 1.807) is 6.07 Å².